The van der Waals surface area contributed by atoms with E-state index in [1.165, 1.54) is 0 Å². The summed E-state index contributed by atoms with van der Waals surface area (Å²) in [6.07, 6.45) is 0. The lowest BCUT2D eigenvalue weighted by atomic mass is 10.1. The first-order valence-electron chi connectivity index (χ1n) is 5.12. The summed E-state index contributed by atoms with van der Waals surface area (Å²) in [4.78, 5) is 12.0. The summed E-state index contributed by atoms with van der Waals surface area (Å²) >= 11 is 5.81. The molecule has 0 aliphatic carbocycles. The Morgan fingerprint density at radius 1 is 1.31 bits per heavy atom. The van der Waals surface area contributed by atoms with Crippen LogP contribution in [0.4, 0.5) is 0 Å². The largest absolute Gasteiger partial charge is 0.293 e. The number of hydrogen-bond donors (Lipinski definition) is 0. The highest BCUT2D eigenvalue weighted by Crippen LogP contribution is 2.15. The van der Waals surface area contributed by atoms with Gasteiger partial charge in [-0.05, 0) is 19.1 Å². The van der Waals surface area contributed by atoms with Crippen molar-refractivity contribution in [2.24, 2.45) is 0 Å². The third-order valence-corrected chi connectivity index (χ3v) is 4.37. The van der Waals surface area contributed by atoms with Gasteiger partial charge in [0.15, 0.2) is 5.78 Å². The van der Waals surface area contributed by atoms with Gasteiger partial charge < -0.3 is 0 Å². The molecule has 0 spiro atoms. The fraction of sp³-hybridized carbons (Fsp3) is 0.417. The van der Waals surface area contributed by atoms with Crippen LogP contribution in [-0.4, -0.2) is 20.5 Å². The van der Waals surface area contributed by atoms with E-state index in [1.54, 1.807) is 31.2 Å². The minimum Gasteiger partial charge on any atom is -0.293 e. The molecule has 4 heteroatoms. The van der Waals surface area contributed by atoms with E-state index >= 15 is 0 Å². The predicted molar refractivity (Wildman–Crippen MR) is 68.5 cm³/mol. The van der Waals surface area contributed by atoms with Gasteiger partial charge in [0, 0.05) is 26.6 Å². The predicted octanol–water partition coefficient (Wildman–Crippen LogP) is 3.07. The molecule has 0 fully saturated rings. The minimum atomic E-state index is -1.15. The lowest BCUT2D eigenvalue weighted by Gasteiger charge is -2.13. The SMILES string of the molecule is CC(C)S(=O)C(C)C(=O)c1cccc(Cl)c1. The van der Waals surface area contributed by atoms with Crippen LogP contribution in [0, 0.1) is 0 Å². The molecular weight excluding hydrogens is 244 g/mol. The average Bonchev–Trinajstić information content (AvgIpc) is 2.26. The van der Waals surface area contributed by atoms with Crippen LogP contribution in [0.5, 0.6) is 0 Å². The molecule has 0 aromatic heterocycles. The molecule has 0 heterocycles. The van der Waals surface area contributed by atoms with Crippen molar-refractivity contribution < 1.29 is 9.00 Å². The van der Waals surface area contributed by atoms with E-state index in [4.69, 9.17) is 11.6 Å². The van der Waals surface area contributed by atoms with Crippen molar-refractivity contribution in [2.45, 2.75) is 31.3 Å². The number of benzene rings is 1. The maximum atomic E-state index is 12.0. The van der Waals surface area contributed by atoms with Crippen LogP contribution in [0.3, 0.4) is 0 Å². The summed E-state index contributed by atoms with van der Waals surface area (Å²) in [6, 6.07) is 6.74. The summed E-state index contributed by atoms with van der Waals surface area (Å²) < 4.78 is 11.8. The van der Waals surface area contributed by atoms with Crippen molar-refractivity contribution in [1.29, 1.82) is 0 Å². The van der Waals surface area contributed by atoms with Crippen LogP contribution in [-0.2, 0) is 10.8 Å². The van der Waals surface area contributed by atoms with Gasteiger partial charge >= 0.3 is 0 Å². The van der Waals surface area contributed by atoms with Gasteiger partial charge in [-0.15, -0.1) is 0 Å². The second-order valence-electron chi connectivity index (χ2n) is 3.89. The number of carbonyl (C=O) groups is 1. The molecular formula is C12H15ClO2S. The second kappa shape index (κ2) is 5.60. The van der Waals surface area contributed by atoms with Gasteiger partial charge in [0.05, 0.1) is 5.25 Å². The topological polar surface area (TPSA) is 34.1 Å². The fourth-order valence-electron chi connectivity index (χ4n) is 1.39. The Bertz CT molecular complexity index is 415. The lowest BCUT2D eigenvalue weighted by Crippen LogP contribution is -2.27. The maximum Gasteiger partial charge on any atom is 0.178 e. The second-order valence-corrected chi connectivity index (χ2v) is 6.64. The van der Waals surface area contributed by atoms with Crippen molar-refractivity contribution >= 4 is 28.2 Å². The van der Waals surface area contributed by atoms with Crippen molar-refractivity contribution in [3.05, 3.63) is 34.9 Å². The van der Waals surface area contributed by atoms with Crippen molar-refractivity contribution in [3.63, 3.8) is 0 Å². The zero-order valence-electron chi connectivity index (χ0n) is 9.57. The molecule has 2 unspecified atom stereocenters. The summed E-state index contributed by atoms with van der Waals surface area (Å²) in [5, 5.41) is 0.0185. The molecule has 1 aromatic carbocycles. The van der Waals surface area contributed by atoms with Gasteiger partial charge in [0.25, 0.3) is 0 Å². The Hall–Kier alpha value is -0.670. The molecule has 0 aliphatic rings. The molecule has 2 nitrogen and oxygen atoms in total. The summed E-state index contributed by atoms with van der Waals surface area (Å²) in [7, 11) is -1.15. The molecule has 0 saturated heterocycles. The van der Waals surface area contributed by atoms with Crippen molar-refractivity contribution in [3.8, 4) is 0 Å². The summed E-state index contributed by atoms with van der Waals surface area (Å²) in [5.74, 6) is -0.116. The first kappa shape index (κ1) is 13.4. The van der Waals surface area contributed by atoms with Gasteiger partial charge in [-0.1, -0.05) is 37.6 Å². The van der Waals surface area contributed by atoms with Crippen LogP contribution in [0.2, 0.25) is 5.02 Å². The Kier molecular flexibility index (Phi) is 4.69. The van der Waals surface area contributed by atoms with Crippen LogP contribution < -0.4 is 0 Å². The van der Waals surface area contributed by atoms with Crippen LogP contribution >= 0.6 is 11.6 Å². The normalized spacial score (nSPS) is 14.8. The van der Waals surface area contributed by atoms with Gasteiger partial charge in [0.1, 0.15) is 0 Å². The molecule has 0 aliphatic heterocycles. The molecule has 0 saturated carbocycles. The maximum absolute atomic E-state index is 12.0. The quantitative estimate of drug-likeness (QED) is 0.778. The van der Waals surface area contributed by atoms with Crippen molar-refractivity contribution in [2.75, 3.05) is 0 Å². The highest BCUT2D eigenvalue weighted by atomic mass is 35.5. The smallest absolute Gasteiger partial charge is 0.178 e. The first-order valence-corrected chi connectivity index (χ1v) is 6.78. The Morgan fingerprint density at radius 2 is 1.94 bits per heavy atom. The Morgan fingerprint density at radius 3 is 2.44 bits per heavy atom. The molecule has 0 bridgehead atoms. The number of hydrogen-bond acceptors (Lipinski definition) is 2. The number of halogens is 1. The minimum absolute atomic E-state index is 0.0156. The van der Waals surface area contributed by atoms with Gasteiger partial charge in [-0.2, -0.15) is 0 Å². The van der Waals surface area contributed by atoms with E-state index in [1.807, 2.05) is 13.8 Å². The average molecular weight is 259 g/mol. The number of rotatable bonds is 4. The van der Waals surface area contributed by atoms with E-state index in [9.17, 15) is 9.00 Å². The van der Waals surface area contributed by atoms with E-state index in [2.05, 4.69) is 0 Å². The molecule has 1 aromatic rings. The molecule has 1 rings (SSSR count). The van der Waals surface area contributed by atoms with Gasteiger partial charge in [-0.3, -0.25) is 9.00 Å². The summed E-state index contributed by atoms with van der Waals surface area (Å²) in [5.41, 5.74) is 0.522. The summed E-state index contributed by atoms with van der Waals surface area (Å²) in [6.45, 7) is 5.38. The fourth-order valence-corrected chi connectivity index (χ4v) is 2.74. The lowest BCUT2D eigenvalue weighted by molar-refractivity contribution is 0.0992. The van der Waals surface area contributed by atoms with Crippen LogP contribution in [0.15, 0.2) is 24.3 Å². The first-order chi connectivity index (χ1) is 7.43. The molecule has 16 heavy (non-hydrogen) atoms. The standard InChI is InChI=1S/C12H15ClO2S/c1-8(2)16(15)9(3)12(14)10-5-4-6-11(13)7-10/h4-9H,1-3H3. The monoisotopic (exact) mass is 258 g/mol. The van der Waals surface area contributed by atoms with E-state index in [0.29, 0.717) is 10.6 Å². The van der Waals surface area contributed by atoms with E-state index in [-0.39, 0.29) is 11.0 Å². The highest BCUT2D eigenvalue weighted by molar-refractivity contribution is 7.87. The van der Waals surface area contributed by atoms with Crippen LogP contribution in [0.25, 0.3) is 0 Å². The number of Topliss-reactive ketones (excluding diaryl/α,β-unsaturated/α-hetero) is 1. The van der Waals surface area contributed by atoms with Gasteiger partial charge in [-0.25, -0.2) is 0 Å². The Labute approximate surface area is 103 Å². The zero-order chi connectivity index (χ0) is 12.3. The number of carbonyl (C=O) groups excluding carboxylic acids is 1. The van der Waals surface area contributed by atoms with Crippen molar-refractivity contribution in [1.82, 2.24) is 0 Å². The molecule has 0 amide bonds. The molecule has 0 N–H and O–H groups in total. The Balaban J connectivity index is 2.90. The molecule has 2 atom stereocenters. The highest BCUT2D eigenvalue weighted by Gasteiger charge is 2.23. The van der Waals surface area contributed by atoms with Crippen LogP contribution in [0.1, 0.15) is 31.1 Å². The third-order valence-electron chi connectivity index (χ3n) is 2.29. The van der Waals surface area contributed by atoms with E-state index in [0.717, 1.165) is 0 Å². The third kappa shape index (κ3) is 3.16. The zero-order valence-corrected chi connectivity index (χ0v) is 11.1. The van der Waals surface area contributed by atoms with E-state index < -0.39 is 16.0 Å². The molecule has 88 valence electrons. The number of ketones is 1. The van der Waals surface area contributed by atoms with Gasteiger partial charge in [0.2, 0.25) is 0 Å². The molecule has 0 radical (unpaired) electrons.